The maximum absolute atomic E-state index is 11.7. The van der Waals surface area contributed by atoms with Gasteiger partial charge in [0.05, 0.1) is 10.6 Å². The first-order chi connectivity index (χ1) is 6.38. The van der Waals surface area contributed by atoms with Crippen LogP contribution >= 0.6 is 11.3 Å². The number of rotatable bonds is 0. The van der Waals surface area contributed by atoms with Crippen molar-refractivity contribution in [2.24, 2.45) is 0 Å². The summed E-state index contributed by atoms with van der Waals surface area (Å²) in [6.45, 7) is 0. The Morgan fingerprint density at radius 2 is 2.15 bits per heavy atom. The fourth-order valence-electron chi connectivity index (χ4n) is 1.60. The molecule has 3 heteroatoms. The van der Waals surface area contributed by atoms with E-state index in [1.807, 2.05) is 17.5 Å². The van der Waals surface area contributed by atoms with Gasteiger partial charge in [-0.25, -0.2) is 0 Å². The van der Waals surface area contributed by atoms with Crippen molar-refractivity contribution in [3.8, 4) is 11.3 Å². The zero-order valence-corrected chi connectivity index (χ0v) is 7.47. The average molecular weight is 187 g/mol. The molecule has 1 aliphatic rings. The SMILES string of the molecule is O=C1c2cccnc2-c2ccsc21. The Morgan fingerprint density at radius 3 is 3.08 bits per heavy atom. The number of pyridine rings is 1. The highest BCUT2D eigenvalue weighted by atomic mass is 32.1. The highest BCUT2D eigenvalue weighted by molar-refractivity contribution is 7.13. The molecule has 0 atom stereocenters. The van der Waals surface area contributed by atoms with Crippen LogP contribution in [0.15, 0.2) is 29.8 Å². The molecule has 0 N–H and O–H groups in total. The third-order valence-corrected chi connectivity index (χ3v) is 3.09. The minimum absolute atomic E-state index is 0.119. The molecule has 0 radical (unpaired) electrons. The summed E-state index contributed by atoms with van der Waals surface area (Å²) in [5.74, 6) is 0.119. The van der Waals surface area contributed by atoms with Gasteiger partial charge in [-0.1, -0.05) is 0 Å². The van der Waals surface area contributed by atoms with Crippen LogP contribution in [0.1, 0.15) is 15.2 Å². The van der Waals surface area contributed by atoms with Crippen molar-refractivity contribution in [3.63, 3.8) is 0 Å². The van der Waals surface area contributed by atoms with Crippen molar-refractivity contribution in [1.29, 1.82) is 0 Å². The summed E-state index contributed by atoms with van der Waals surface area (Å²) in [7, 11) is 0. The third-order valence-electron chi connectivity index (χ3n) is 2.18. The molecule has 62 valence electrons. The zero-order valence-electron chi connectivity index (χ0n) is 6.65. The second kappa shape index (κ2) is 2.26. The van der Waals surface area contributed by atoms with E-state index in [4.69, 9.17) is 0 Å². The molecule has 0 aliphatic heterocycles. The summed E-state index contributed by atoms with van der Waals surface area (Å²) in [5, 5.41) is 1.93. The molecule has 0 unspecified atom stereocenters. The summed E-state index contributed by atoms with van der Waals surface area (Å²) in [4.78, 5) is 16.8. The van der Waals surface area contributed by atoms with Crippen LogP contribution in [0, 0.1) is 0 Å². The molecule has 0 aromatic carbocycles. The highest BCUT2D eigenvalue weighted by Gasteiger charge is 2.28. The quantitative estimate of drug-likeness (QED) is 0.540. The van der Waals surface area contributed by atoms with Crippen molar-refractivity contribution in [2.45, 2.75) is 0 Å². The smallest absolute Gasteiger partial charge is 0.205 e. The Balaban J connectivity index is 2.43. The minimum atomic E-state index is 0.119. The van der Waals surface area contributed by atoms with Gasteiger partial charge in [0.1, 0.15) is 0 Å². The van der Waals surface area contributed by atoms with Gasteiger partial charge in [0.15, 0.2) is 0 Å². The van der Waals surface area contributed by atoms with Gasteiger partial charge < -0.3 is 0 Å². The first-order valence-electron chi connectivity index (χ1n) is 3.95. The Labute approximate surface area is 78.9 Å². The Morgan fingerprint density at radius 1 is 1.23 bits per heavy atom. The van der Waals surface area contributed by atoms with Gasteiger partial charge in [-0.15, -0.1) is 11.3 Å². The second-order valence-corrected chi connectivity index (χ2v) is 3.81. The lowest BCUT2D eigenvalue weighted by Gasteiger charge is -1.93. The van der Waals surface area contributed by atoms with Crippen LogP contribution in [-0.4, -0.2) is 10.8 Å². The van der Waals surface area contributed by atoms with E-state index < -0.39 is 0 Å². The van der Waals surface area contributed by atoms with Gasteiger partial charge in [-0.2, -0.15) is 0 Å². The Kier molecular flexibility index (Phi) is 1.21. The highest BCUT2D eigenvalue weighted by Crippen LogP contribution is 2.37. The summed E-state index contributed by atoms with van der Waals surface area (Å²) in [5.41, 5.74) is 2.57. The topological polar surface area (TPSA) is 30.0 Å². The maximum Gasteiger partial charge on any atom is 0.205 e. The van der Waals surface area contributed by atoms with Gasteiger partial charge >= 0.3 is 0 Å². The van der Waals surface area contributed by atoms with Crippen LogP contribution in [0.25, 0.3) is 11.3 Å². The molecule has 1 aliphatic carbocycles. The Bertz CT molecular complexity index is 501. The number of hydrogen-bond donors (Lipinski definition) is 0. The number of ketones is 1. The van der Waals surface area contributed by atoms with E-state index in [0.29, 0.717) is 0 Å². The fourth-order valence-corrected chi connectivity index (χ4v) is 2.45. The fraction of sp³-hybridized carbons (Fsp3) is 0. The molecule has 2 aromatic rings. The standard InChI is InChI=1S/C10H5NOS/c12-9-6-2-1-4-11-8(6)7-3-5-13-10(7)9/h1-5H. The number of fused-ring (bicyclic) bond motifs is 3. The molecule has 0 bridgehead atoms. The van der Waals surface area contributed by atoms with Crippen molar-refractivity contribution in [2.75, 3.05) is 0 Å². The number of aromatic nitrogens is 1. The first-order valence-corrected chi connectivity index (χ1v) is 4.83. The van der Waals surface area contributed by atoms with E-state index >= 15 is 0 Å². The molecule has 0 fully saturated rings. The van der Waals surface area contributed by atoms with Gasteiger partial charge in [-0.05, 0) is 23.6 Å². The van der Waals surface area contributed by atoms with E-state index in [9.17, 15) is 4.79 Å². The predicted octanol–water partition coefficient (Wildman–Crippen LogP) is 2.35. The number of thiophene rings is 1. The lowest BCUT2D eigenvalue weighted by Crippen LogP contribution is -1.92. The minimum Gasteiger partial charge on any atom is -0.288 e. The zero-order chi connectivity index (χ0) is 8.84. The normalized spacial score (nSPS) is 12.8. The van der Waals surface area contributed by atoms with Gasteiger partial charge in [0.2, 0.25) is 5.78 Å². The molecule has 2 nitrogen and oxygen atoms in total. The average Bonchev–Trinajstić information content (AvgIpc) is 2.72. The number of carbonyl (C=O) groups excluding carboxylic acids is 1. The van der Waals surface area contributed by atoms with Crippen LogP contribution in [0.4, 0.5) is 0 Å². The number of carbonyl (C=O) groups is 1. The summed E-state index contributed by atoms with van der Waals surface area (Å²) in [6.07, 6.45) is 1.72. The summed E-state index contributed by atoms with van der Waals surface area (Å²) in [6, 6.07) is 5.58. The third kappa shape index (κ3) is 0.769. The predicted molar refractivity (Wildman–Crippen MR) is 51.0 cm³/mol. The van der Waals surface area contributed by atoms with Crippen LogP contribution in [0.5, 0.6) is 0 Å². The van der Waals surface area contributed by atoms with Crippen molar-refractivity contribution >= 4 is 17.1 Å². The maximum atomic E-state index is 11.7. The van der Waals surface area contributed by atoms with Crippen LogP contribution in [-0.2, 0) is 0 Å². The number of hydrogen-bond acceptors (Lipinski definition) is 3. The molecular formula is C10H5NOS. The largest absolute Gasteiger partial charge is 0.288 e. The molecule has 0 amide bonds. The van der Waals surface area contributed by atoms with Crippen molar-refractivity contribution in [1.82, 2.24) is 4.98 Å². The molecule has 2 aromatic heterocycles. The van der Waals surface area contributed by atoms with Crippen molar-refractivity contribution < 1.29 is 4.79 Å². The number of nitrogens with zero attached hydrogens (tertiary/aromatic N) is 1. The summed E-state index contributed by atoms with van der Waals surface area (Å²) < 4.78 is 0. The first kappa shape index (κ1) is 6.97. The van der Waals surface area contributed by atoms with Gasteiger partial charge in [0.25, 0.3) is 0 Å². The second-order valence-electron chi connectivity index (χ2n) is 2.89. The molecule has 0 saturated heterocycles. The molecule has 0 spiro atoms. The van der Waals surface area contributed by atoms with Crippen LogP contribution in [0.3, 0.4) is 0 Å². The van der Waals surface area contributed by atoms with Crippen LogP contribution in [0.2, 0.25) is 0 Å². The van der Waals surface area contributed by atoms with E-state index in [-0.39, 0.29) is 5.78 Å². The van der Waals surface area contributed by atoms with Crippen LogP contribution < -0.4 is 0 Å². The summed E-state index contributed by atoms with van der Waals surface area (Å²) >= 11 is 1.49. The molecule has 3 rings (SSSR count). The lowest BCUT2D eigenvalue weighted by atomic mass is 10.2. The molecule has 13 heavy (non-hydrogen) atoms. The van der Waals surface area contributed by atoms with E-state index in [1.54, 1.807) is 12.3 Å². The van der Waals surface area contributed by atoms with E-state index in [1.165, 1.54) is 11.3 Å². The Hall–Kier alpha value is -1.48. The van der Waals surface area contributed by atoms with Gasteiger partial charge in [-0.3, -0.25) is 9.78 Å². The van der Waals surface area contributed by atoms with Gasteiger partial charge in [0, 0.05) is 17.3 Å². The van der Waals surface area contributed by atoms with E-state index in [0.717, 1.165) is 21.7 Å². The molecular weight excluding hydrogens is 182 g/mol. The lowest BCUT2D eigenvalue weighted by molar-refractivity contribution is 0.104. The van der Waals surface area contributed by atoms with Crippen molar-refractivity contribution in [3.05, 3.63) is 40.2 Å². The molecule has 0 saturated carbocycles. The van der Waals surface area contributed by atoms with E-state index in [2.05, 4.69) is 4.98 Å². The molecule has 2 heterocycles. The monoisotopic (exact) mass is 187 g/mol.